The Hall–Kier alpha value is -2.76. The van der Waals surface area contributed by atoms with Gasteiger partial charge in [-0.15, -0.1) is 0 Å². The molecule has 0 spiro atoms. The summed E-state index contributed by atoms with van der Waals surface area (Å²) in [6.07, 6.45) is 0.334. The molecule has 0 unspecified atom stereocenters. The Morgan fingerprint density at radius 2 is 1.76 bits per heavy atom. The molecule has 0 aliphatic carbocycles. The molecule has 0 atom stereocenters. The number of aromatic hydroxyl groups is 1. The summed E-state index contributed by atoms with van der Waals surface area (Å²) >= 11 is 0. The molecule has 6 heteroatoms. The summed E-state index contributed by atoms with van der Waals surface area (Å²) in [5, 5.41) is 11.9. The highest BCUT2D eigenvalue weighted by molar-refractivity contribution is 6.09. The van der Waals surface area contributed by atoms with E-state index < -0.39 is 0 Å². The minimum absolute atomic E-state index is 0.0183. The zero-order valence-corrected chi connectivity index (χ0v) is 14.3. The van der Waals surface area contributed by atoms with Gasteiger partial charge in [0.1, 0.15) is 5.75 Å². The zero-order chi connectivity index (χ0) is 17.8. The SMILES string of the molecule is CCOC(=O)N1CCCN(C(=O)c2c(O)ccc3ccccc23)CC1. The number of nitrogens with zero attached hydrogens (tertiary/aromatic N) is 2. The van der Waals surface area contributed by atoms with Gasteiger partial charge < -0.3 is 19.6 Å². The van der Waals surface area contributed by atoms with Gasteiger partial charge in [-0.3, -0.25) is 4.79 Å². The lowest BCUT2D eigenvalue weighted by atomic mass is 10.0. The van der Waals surface area contributed by atoms with Gasteiger partial charge in [-0.2, -0.15) is 0 Å². The fourth-order valence-electron chi connectivity index (χ4n) is 3.16. The van der Waals surface area contributed by atoms with E-state index in [4.69, 9.17) is 4.74 Å². The smallest absolute Gasteiger partial charge is 0.409 e. The summed E-state index contributed by atoms with van der Waals surface area (Å²) in [5.74, 6) is -0.227. The summed E-state index contributed by atoms with van der Waals surface area (Å²) < 4.78 is 5.04. The average Bonchev–Trinajstić information content (AvgIpc) is 2.87. The Labute approximate surface area is 146 Å². The second-order valence-corrected chi connectivity index (χ2v) is 6.01. The van der Waals surface area contributed by atoms with Crippen LogP contribution in [-0.4, -0.2) is 59.7 Å². The second-order valence-electron chi connectivity index (χ2n) is 6.01. The first-order valence-corrected chi connectivity index (χ1v) is 8.53. The summed E-state index contributed by atoms with van der Waals surface area (Å²) in [6.45, 7) is 4.05. The predicted octanol–water partition coefficient (Wildman–Crippen LogP) is 2.85. The van der Waals surface area contributed by atoms with Crippen molar-refractivity contribution in [2.75, 3.05) is 32.8 Å². The van der Waals surface area contributed by atoms with Gasteiger partial charge in [-0.1, -0.05) is 30.3 Å². The Morgan fingerprint density at radius 1 is 1.04 bits per heavy atom. The lowest BCUT2D eigenvalue weighted by Crippen LogP contribution is -2.37. The van der Waals surface area contributed by atoms with Crippen LogP contribution in [0.5, 0.6) is 5.75 Å². The number of fused-ring (bicyclic) bond motifs is 1. The van der Waals surface area contributed by atoms with Crippen LogP contribution >= 0.6 is 0 Å². The number of hydrogen-bond acceptors (Lipinski definition) is 4. The molecular weight excluding hydrogens is 320 g/mol. The maximum atomic E-state index is 13.0. The lowest BCUT2D eigenvalue weighted by Gasteiger charge is -2.22. The standard InChI is InChI=1S/C19H22N2O4/c1-2-25-19(24)21-11-5-10-20(12-13-21)18(23)17-15-7-4-3-6-14(15)8-9-16(17)22/h3-4,6-9,22H,2,5,10-13H2,1H3. The lowest BCUT2D eigenvalue weighted by molar-refractivity contribution is 0.0752. The van der Waals surface area contributed by atoms with E-state index in [0.717, 1.165) is 10.8 Å². The topological polar surface area (TPSA) is 70.1 Å². The number of ether oxygens (including phenoxy) is 1. The first kappa shape index (κ1) is 17.1. The van der Waals surface area contributed by atoms with Crippen LogP contribution in [0.25, 0.3) is 10.8 Å². The number of benzene rings is 2. The van der Waals surface area contributed by atoms with Crippen LogP contribution in [0.15, 0.2) is 36.4 Å². The van der Waals surface area contributed by atoms with Crippen LogP contribution in [-0.2, 0) is 4.74 Å². The van der Waals surface area contributed by atoms with Crippen LogP contribution in [0.4, 0.5) is 4.79 Å². The molecule has 2 amide bonds. The minimum Gasteiger partial charge on any atom is -0.507 e. The van der Waals surface area contributed by atoms with Gasteiger partial charge in [-0.25, -0.2) is 4.79 Å². The van der Waals surface area contributed by atoms with Gasteiger partial charge in [0.05, 0.1) is 12.2 Å². The van der Waals surface area contributed by atoms with Crippen LogP contribution in [0.3, 0.4) is 0 Å². The number of carbonyl (C=O) groups excluding carboxylic acids is 2. The molecule has 6 nitrogen and oxygen atoms in total. The van der Waals surface area contributed by atoms with Gasteiger partial charge in [0.25, 0.3) is 5.91 Å². The van der Waals surface area contributed by atoms with Gasteiger partial charge in [-0.05, 0) is 30.2 Å². The van der Waals surface area contributed by atoms with Crippen molar-refractivity contribution in [3.8, 4) is 5.75 Å². The highest BCUT2D eigenvalue weighted by atomic mass is 16.6. The van der Waals surface area contributed by atoms with E-state index >= 15 is 0 Å². The second kappa shape index (κ2) is 7.42. The van der Waals surface area contributed by atoms with Gasteiger partial charge in [0, 0.05) is 26.2 Å². The van der Waals surface area contributed by atoms with E-state index in [-0.39, 0.29) is 17.7 Å². The van der Waals surface area contributed by atoms with Crippen molar-refractivity contribution in [2.45, 2.75) is 13.3 Å². The number of phenolic OH excluding ortho intramolecular Hbond substituents is 1. The molecule has 1 N–H and O–H groups in total. The highest BCUT2D eigenvalue weighted by Gasteiger charge is 2.26. The maximum Gasteiger partial charge on any atom is 0.409 e. The van der Waals surface area contributed by atoms with Crippen molar-refractivity contribution in [3.05, 3.63) is 42.0 Å². The Balaban J connectivity index is 1.82. The monoisotopic (exact) mass is 342 g/mol. The van der Waals surface area contributed by atoms with Crippen LogP contribution in [0.2, 0.25) is 0 Å². The maximum absolute atomic E-state index is 13.0. The number of carbonyl (C=O) groups is 2. The average molecular weight is 342 g/mol. The van der Waals surface area contributed by atoms with Crippen molar-refractivity contribution < 1.29 is 19.4 Å². The van der Waals surface area contributed by atoms with Crippen molar-refractivity contribution in [1.82, 2.24) is 9.80 Å². The quantitative estimate of drug-likeness (QED) is 0.911. The van der Waals surface area contributed by atoms with Crippen molar-refractivity contribution in [1.29, 1.82) is 0 Å². The third kappa shape index (κ3) is 3.52. The van der Waals surface area contributed by atoms with Crippen LogP contribution in [0.1, 0.15) is 23.7 Å². The van der Waals surface area contributed by atoms with Crippen molar-refractivity contribution in [2.24, 2.45) is 0 Å². The summed E-state index contributed by atoms with van der Waals surface area (Å²) in [5.41, 5.74) is 0.322. The molecular formula is C19H22N2O4. The molecule has 0 saturated carbocycles. The van der Waals surface area contributed by atoms with E-state index in [1.807, 2.05) is 24.3 Å². The van der Waals surface area contributed by atoms with Gasteiger partial charge >= 0.3 is 6.09 Å². The summed E-state index contributed by atoms with van der Waals surface area (Å²) in [6, 6.07) is 10.9. The third-order valence-corrected chi connectivity index (χ3v) is 4.43. The number of amides is 2. The van der Waals surface area contributed by atoms with Crippen molar-refractivity contribution in [3.63, 3.8) is 0 Å². The molecule has 1 aliphatic heterocycles. The molecule has 1 saturated heterocycles. The molecule has 1 fully saturated rings. The molecule has 25 heavy (non-hydrogen) atoms. The first-order valence-electron chi connectivity index (χ1n) is 8.53. The van der Waals surface area contributed by atoms with E-state index in [1.54, 1.807) is 28.9 Å². The van der Waals surface area contributed by atoms with Crippen LogP contribution in [0, 0.1) is 0 Å². The molecule has 0 aromatic heterocycles. The predicted molar refractivity (Wildman–Crippen MR) is 94.7 cm³/mol. The Morgan fingerprint density at radius 3 is 2.56 bits per heavy atom. The summed E-state index contributed by atoms with van der Waals surface area (Å²) in [7, 11) is 0. The van der Waals surface area contributed by atoms with Crippen LogP contribution < -0.4 is 0 Å². The fourth-order valence-corrected chi connectivity index (χ4v) is 3.16. The van der Waals surface area contributed by atoms with E-state index in [1.165, 1.54) is 0 Å². The summed E-state index contributed by atoms with van der Waals surface area (Å²) in [4.78, 5) is 28.2. The normalized spacial score (nSPS) is 15.1. The number of phenols is 1. The third-order valence-electron chi connectivity index (χ3n) is 4.43. The van der Waals surface area contributed by atoms with E-state index in [2.05, 4.69) is 0 Å². The molecule has 0 radical (unpaired) electrons. The first-order chi connectivity index (χ1) is 12.1. The molecule has 132 valence electrons. The fraction of sp³-hybridized carbons (Fsp3) is 0.368. The highest BCUT2D eigenvalue weighted by Crippen LogP contribution is 2.28. The van der Waals surface area contributed by atoms with E-state index in [0.29, 0.717) is 44.8 Å². The molecule has 0 bridgehead atoms. The number of rotatable bonds is 2. The molecule has 2 aromatic carbocycles. The zero-order valence-electron chi connectivity index (χ0n) is 14.3. The van der Waals surface area contributed by atoms with Gasteiger partial charge in [0.2, 0.25) is 0 Å². The Bertz CT molecular complexity index is 790. The van der Waals surface area contributed by atoms with Crippen molar-refractivity contribution >= 4 is 22.8 Å². The molecule has 2 aromatic rings. The van der Waals surface area contributed by atoms with Gasteiger partial charge in [0.15, 0.2) is 0 Å². The van der Waals surface area contributed by atoms with E-state index in [9.17, 15) is 14.7 Å². The molecule has 1 heterocycles. The largest absolute Gasteiger partial charge is 0.507 e. The molecule has 1 aliphatic rings. The Kier molecular flexibility index (Phi) is 5.07. The number of hydrogen-bond donors (Lipinski definition) is 1. The minimum atomic E-state index is -0.343. The molecule has 3 rings (SSSR count).